The van der Waals surface area contributed by atoms with Crippen LogP contribution in [0.5, 0.6) is 0 Å². The average molecular weight is 555 g/mol. The first-order chi connectivity index (χ1) is 18.5. The molecular weight excluding hydrogens is 504 g/mol. The summed E-state index contributed by atoms with van der Waals surface area (Å²) in [6.07, 6.45) is 12.7. The van der Waals surface area contributed by atoms with E-state index in [1.807, 2.05) is 0 Å². The van der Waals surface area contributed by atoms with Crippen LogP contribution in [0.15, 0.2) is 34.9 Å². The smallest absolute Gasteiger partial charge is 0.330 e. The fourth-order valence-electron chi connectivity index (χ4n) is 9.50. The van der Waals surface area contributed by atoms with E-state index in [4.69, 9.17) is 9.47 Å². The van der Waals surface area contributed by atoms with Crippen LogP contribution in [0.2, 0.25) is 0 Å². The maximum absolute atomic E-state index is 12.1. The van der Waals surface area contributed by atoms with E-state index < -0.39 is 5.97 Å². The molecule has 6 nitrogen and oxygen atoms in total. The van der Waals surface area contributed by atoms with E-state index >= 15 is 0 Å². The van der Waals surface area contributed by atoms with Crippen molar-refractivity contribution in [2.75, 3.05) is 0 Å². The fourth-order valence-corrected chi connectivity index (χ4v) is 9.50. The number of rotatable bonds is 7. The van der Waals surface area contributed by atoms with Crippen LogP contribution in [-0.4, -0.2) is 35.2 Å². The molecule has 222 valence electrons. The van der Waals surface area contributed by atoms with E-state index in [0.717, 1.165) is 38.5 Å². The molecule has 0 aromatic heterocycles. The van der Waals surface area contributed by atoms with Gasteiger partial charge in [-0.05, 0) is 90.6 Å². The van der Waals surface area contributed by atoms with Crippen molar-refractivity contribution in [3.8, 4) is 0 Å². The second kappa shape index (κ2) is 10.5. The van der Waals surface area contributed by atoms with Crippen LogP contribution in [0.3, 0.4) is 0 Å². The zero-order valence-corrected chi connectivity index (χ0v) is 26.1. The van der Waals surface area contributed by atoms with E-state index in [1.165, 1.54) is 25.0 Å². The Bertz CT molecular complexity index is 1160. The van der Waals surface area contributed by atoms with E-state index in [0.29, 0.717) is 18.3 Å². The summed E-state index contributed by atoms with van der Waals surface area (Å²) in [5.41, 5.74) is 3.21. The minimum Gasteiger partial charge on any atom is -0.478 e. The summed E-state index contributed by atoms with van der Waals surface area (Å²) < 4.78 is 11.7. The summed E-state index contributed by atoms with van der Waals surface area (Å²) in [5, 5.41) is 9.34. The van der Waals surface area contributed by atoms with Gasteiger partial charge in [-0.2, -0.15) is 0 Å². The van der Waals surface area contributed by atoms with E-state index in [1.54, 1.807) is 13.0 Å². The molecular formula is C34H50O6. The molecule has 0 radical (unpaired) electrons. The quantitative estimate of drug-likeness (QED) is 0.260. The van der Waals surface area contributed by atoms with Gasteiger partial charge in [0, 0.05) is 31.3 Å². The molecule has 1 N–H and O–H groups in total. The number of carboxylic acid groups (broad SMARTS) is 1. The van der Waals surface area contributed by atoms with Gasteiger partial charge in [-0.15, -0.1) is 0 Å². The molecule has 0 saturated heterocycles. The van der Waals surface area contributed by atoms with Crippen molar-refractivity contribution in [1.29, 1.82) is 0 Å². The summed E-state index contributed by atoms with van der Waals surface area (Å²) in [7, 11) is 0. The Hall–Kier alpha value is -2.37. The predicted molar refractivity (Wildman–Crippen MR) is 155 cm³/mol. The Morgan fingerprint density at radius 3 is 2.27 bits per heavy atom. The number of carbonyl (C=O) groups is 3. The molecule has 2 saturated carbocycles. The van der Waals surface area contributed by atoms with Crippen molar-refractivity contribution in [2.45, 2.75) is 119 Å². The third-order valence-corrected chi connectivity index (χ3v) is 12.1. The van der Waals surface area contributed by atoms with Crippen LogP contribution in [0.4, 0.5) is 0 Å². The van der Waals surface area contributed by atoms with Crippen molar-refractivity contribution in [3.63, 3.8) is 0 Å². The number of carbonyl (C=O) groups excluding carboxylic acids is 2. The van der Waals surface area contributed by atoms with Crippen molar-refractivity contribution < 1.29 is 29.0 Å². The molecule has 8 unspecified atom stereocenters. The number of aliphatic carboxylic acids is 1. The SMILES string of the molecule is CC(=O)OC(CC=C(C)C(=O)O)C(C)C1CCC2(C)C3=CCC4C(C)(CCC(OC(C)=O)C4(C)C)C3=CCC12C. The van der Waals surface area contributed by atoms with Gasteiger partial charge in [0.15, 0.2) is 0 Å². The van der Waals surface area contributed by atoms with Gasteiger partial charge in [-0.1, -0.05) is 59.8 Å². The Morgan fingerprint density at radius 1 is 1.00 bits per heavy atom. The number of carboxylic acids is 1. The molecule has 4 aliphatic rings. The number of allylic oxidation sites excluding steroid dienone is 4. The summed E-state index contributed by atoms with van der Waals surface area (Å²) in [4.78, 5) is 35.3. The van der Waals surface area contributed by atoms with Gasteiger partial charge in [-0.3, -0.25) is 9.59 Å². The van der Waals surface area contributed by atoms with Gasteiger partial charge < -0.3 is 14.6 Å². The third kappa shape index (κ3) is 4.77. The second-order valence-corrected chi connectivity index (χ2v) is 14.4. The molecule has 0 amide bonds. The molecule has 4 aliphatic carbocycles. The third-order valence-electron chi connectivity index (χ3n) is 12.1. The molecule has 4 rings (SSSR count). The molecule has 2 fully saturated rings. The molecule has 0 spiro atoms. The van der Waals surface area contributed by atoms with Gasteiger partial charge in [0.05, 0.1) is 0 Å². The van der Waals surface area contributed by atoms with Crippen LogP contribution in [0.25, 0.3) is 0 Å². The van der Waals surface area contributed by atoms with Gasteiger partial charge in [0.25, 0.3) is 0 Å². The maximum Gasteiger partial charge on any atom is 0.330 e. The van der Waals surface area contributed by atoms with Crippen molar-refractivity contribution in [2.24, 2.45) is 39.4 Å². The molecule has 0 bridgehead atoms. The second-order valence-electron chi connectivity index (χ2n) is 14.4. The van der Waals surface area contributed by atoms with E-state index in [-0.39, 0.29) is 57.3 Å². The monoisotopic (exact) mass is 554 g/mol. The van der Waals surface area contributed by atoms with E-state index in [9.17, 15) is 19.5 Å². The van der Waals surface area contributed by atoms with Gasteiger partial charge in [-0.25, -0.2) is 4.79 Å². The maximum atomic E-state index is 12.1. The Labute approximate surface area is 240 Å². The minimum atomic E-state index is -0.944. The highest BCUT2D eigenvalue weighted by Gasteiger charge is 2.63. The molecule has 0 heterocycles. The predicted octanol–water partition coefficient (Wildman–Crippen LogP) is 7.43. The first kappa shape index (κ1) is 30.6. The summed E-state index contributed by atoms with van der Waals surface area (Å²) in [6, 6.07) is 0. The van der Waals surface area contributed by atoms with Crippen LogP contribution in [0, 0.1) is 39.4 Å². The number of fused-ring (bicyclic) bond motifs is 5. The lowest BCUT2D eigenvalue weighted by Gasteiger charge is -2.61. The average Bonchev–Trinajstić information content (AvgIpc) is 3.13. The fraction of sp³-hybridized carbons (Fsp3) is 0.735. The molecule has 40 heavy (non-hydrogen) atoms. The lowest BCUT2D eigenvalue weighted by molar-refractivity contribution is -0.165. The Balaban J connectivity index is 1.66. The lowest BCUT2D eigenvalue weighted by atomic mass is 9.44. The van der Waals surface area contributed by atoms with Crippen molar-refractivity contribution >= 4 is 17.9 Å². The highest BCUT2D eigenvalue weighted by molar-refractivity contribution is 5.85. The zero-order valence-electron chi connectivity index (χ0n) is 26.1. The summed E-state index contributed by atoms with van der Waals surface area (Å²) in [6.45, 7) is 18.6. The Morgan fingerprint density at radius 2 is 1.68 bits per heavy atom. The normalized spacial score (nSPS) is 38.0. The lowest BCUT2D eigenvalue weighted by Crippen LogP contribution is -2.55. The number of hydrogen-bond donors (Lipinski definition) is 1. The first-order valence-corrected chi connectivity index (χ1v) is 15.1. The molecule has 0 aromatic carbocycles. The zero-order chi connectivity index (χ0) is 29.8. The Kier molecular flexibility index (Phi) is 8.01. The van der Waals surface area contributed by atoms with Crippen molar-refractivity contribution in [1.82, 2.24) is 0 Å². The first-order valence-electron chi connectivity index (χ1n) is 15.1. The highest BCUT2D eigenvalue weighted by atomic mass is 16.5. The number of ether oxygens (including phenoxy) is 2. The van der Waals surface area contributed by atoms with Gasteiger partial charge in [0.1, 0.15) is 12.2 Å². The van der Waals surface area contributed by atoms with Crippen LogP contribution < -0.4 is 0 Å². The van der Waals surface area contributed by atoms with Gasteiger partial charge >= 0.3 is 17.9 Å². The largest absolute Gasteiger partial charge is 0.478 e. The van der Waals surface area contributed by atoms with Crippen molar-refractivity contribution in [3.05, 3.63) is 34.9 Å². The van der Waals surface area contributed by atoms with Crippen LogP contribution in [0.1, 0.15) is 107 Å². The highest BCUT2D eigenvalue weighted by Crippen LogP contribution is 2.72. The molecule has 0 aromatic rings. The molecule has 6 heteroatoms. The molecule has 0 aliphatic heterocycles. The summed E-state index contributed by atoms with van der Waals surface area (Å²) in [5.74, 6) is -0.637. The summed E-state index contributed by atoms with van der Waals surface area (Å²) >= 11 is 0. The van der Waals surface area contributed by atoms with Crippen LogP contribution in [-0.2, 0) is 23.9 Å². The topological polar surface area (TPSA) is 89.9 Å². The van der Waals surface area contributed by atoms with E-state index in [2.05, 4.69) is 53.7 Å². The van der Waals surface area contributed by atoms with Crippen LogP contribution >= 0.6 is 0 Å². The standard InChI is InChI=1S/C34H50O6/c1-20(30(37)38)10-12-27(39-22(3)35)21(2)24-14-18-34(9)26-11-13-28-31(5,6)29(40-23(4)36)16-17-32(28,7)25(26)15-19-33(24,34)8/h10-11,15,21,24,27-29H,12-14,16-19H2,1-9H3,(H,37,38). The molecule has 8 atom stereocenters. The van der Waals surface area contributed by atoms with Gasteiger partial charge in [0.2, 0.25) is 0 Å². The number of hydrogen-bond acceptors (Lipinski definition) is 5. The number of esters is 2. The minimum absolute atomic E-state index is 0.000631.